The summed E-state index contributed by atoms with van der Waals surface area (Å²) in [5.74, 6) is -0.640. The average Bonchev–Trinajstić information content (AvgIpc) is 3.62. The summed E-state index contributed by atoms with van der Waals surface area (Å²) in [4.78, 5) is 12.9. The number of phenols is 1. The summed E-state index contributed by atoms with van der Waals surface area (Å²) in [7, 11) is 0. The lowest BCUT2D eigenvalue weighted by Crippen LogP contribution is -2.67. The van der Waals surface area contributed by atoms with Crippen molar-refractivity contribution < 1.29 is 59.1 Å². The van der Waals surface area contributed by atoms with Gasteiger partial charge in [0.05, 0.1) is 11.1 Å². The van der Waals surface area contributed by atoms with Gasteiger partial charge in [-0.2, -0.15) is 0 Å². The summed E-state index contributed by atoms with van der Waals surface area (Å²) in [6.45, 7) is 3.11. The molecule has 0 unspecified atom stereocenters. The first-order valence-electron chi connectivity index (χ1n) is 14.4. The van der Waals surface area contributed by atoms with E-state index in [9.17, 15) is 35.4 Å². The van der Waals surface area contributed by atoms with Gasteiger partial charge in [-0.25, -0.2) is 0 Å². The smallest absolute Gasteiger partial charge is 0.247 e. The van der Waals surface area contributed by atoms with E-state index >= 15 is 0 Å². The Balaban J connectivity index is 1.18. The molecule has 10 atom stereocenters. The predicted molar refractivity (Wildman–Crippen MR) is 163 cm³/mol. The number of amides is 1. The number of aromatic hydroxyl groups is 1. The Morgan fingerprint density at radius 1 is 0.935 bits per heavy atom. The Hall–Kier alpha value is -2.95. The zero-order chi connectivity index (χ0) is 33.3. The summed E-state index contributed by atoms with van der Waals surface area (Å²) < 4.78 is 27.6. The Labute approximate surface area is 274 Å². The predicted octanol–water partition coefficient (Wildman–Crippen LogP) is 1.28. The lowest BCUT2D eigenvalue weighted by atomic mass is 9.83. The van der Waals surface area contributed by atoms with Crippen molar-refractivity contribution in [3.63, 3.8) is 0 Å². The van der Waals surface area contributed by atoms with Crippen LogP contribution in [-0.4, -0.2) is 111 Å². The van der Waals surface area contributed by atoms with Gasteiger partial charge in [0.2, 0.25) is 12.2 Å². The summed E-state index contributed by atoms with van der Waals surface area (Å²) in [6.07, 6.45) is -7.93. The third-order valence-corrected chi connectivity index (χ3v) is 8.62. The minimum Gasteiger partial charge on any atom is -0.504 e. The highest BCUT2D eigenvalue weighted by molar-refractivity contribution is 6.34. The number of benzene rings is 2. The van der Waals surface area contributed by atoms with Crippen molar-refractivity contribution in [2.24, 2.45) is 0 Å². The van der Waals surface area contributed by atoms with Gasteiger partial charge >= 0.3 is 0 Å². The molecule has 5 rings (SSSR count). The van der Waals surface area contributed by atoms with Crippen molar-refractivity contribution in [1.82, 2.24) is 5.32 Å². The van der Waals surface area contributed by atoms with Crippen molar-refractivity contribution in [2.75, 3.05) is 13.4 Å². The molecule has 1 aliphatic carbocycles. The van der Waals surface area contributed by atoms with E-state index in [-0.39, 0.29) is 30.5 Å². The van der Waals surface area contributed by atoms with Gasteiger partial charge in [0.15, 0.2) is 11.5 Å². The van der Waals surface area contributed by atoms with Crippen LogP contribution >= 0.6 is 23.2 Å². The zero-order valence-corrected chi connectivity index (χ0v) is 26.2. The monoisotopic (exact) mass is 683 g/mol. The number of carbonyl (C=O) groups excluding carboxylic acids is 1. The number of fused-ring (bicyclic) bond motifs is 1. The number of hydrogen-bond donors (Lipinski definition) is 7. The normalized spacial score (nSPS) is 33.1. The molecule has 1 amide bonds. The molecular weight excluding hydrogens is 649 g/mol. The van der Waals surface area contributed by atoms with Crippen LogP contribution in [0.3, 0.4) is 0 Å². The minimum atomic E-state index is -1.50. The number of phenolic OH excluding ortho intramolecular Hbond substituents is 1. The van der Waals surface area contributed by atoms with Crippen molar-refractivity contribution in [3.05, 3.63) is 69.2 Å². The number of rotatable bonds is 9. The van der Waals surface area contributed by atoms with Crippen LogP contribution in [0.4, 0.5) is 0 Å². The molecule has 15 heteroatoms. The van der Waals surface area contributed by atoms with E-state index < -0.39 is 67.1 Å². The van der Waals surface area contributed by atoms with Gasteiger partial charge in [-0.1, -0.05) is 29.3 Å². The molecule has 1 saturated carbocycles. The van der Waals surface area contributed by atoms with Gasteiger partial charge in [0, 0.05) is 16.7 Å². The van der Waals surface area contributed by atoms with Crippen LogP contribution in [0.5, 0.6) is 17.2 Å². The summed E-state index contributed by atoms with van der Waals surface area (Å²) in [5.41, 5.74) is 1.12. The Bertz CT molecular complexity index is 1490. The molecule has 2 aromatic rings. The highest BCUT2D eigenvalue weighted by atomic mass is 35.5. The van der Waals surface area contributed by atoms with Crippen LogP contribution in [0.2, 0.25) is 10.0 Å². The average molecular weight is 685 g/mol. The number of aliphatic hydroxyl groups excluding tert-OH is 5. The Kier molecular flexibility index (Phi) is 10.8. The van der Waals surface area contributed by atoms with E-state index in [0.717, 1.165) is 0 Å². The molecule has 7 N–H and O–H groups in total. The molecule has 3 aliphatic rings. The highest BCUT2D eigenvalue weighted by Crippen LogP contribution is 2.34. The van der Waals surface area contributed by atoms with E-state index in [1.54, 1.807) is 31.2 Å². The molecule has 2 aliphatic heterocycles. The third-order valence-electron chi connectivity index (χ3n) is 8.07. The van der Waals surface area contributed by atoms with Crippen molar-refractivity contribution in [2.45, 2.75) is 75.0 Å². The lowest BCUT2D eigenvalue weighted by molar-refractivity contribution is -0.155. The SMILES string of the molecule is C/C(=C/COc1cc(Cl)ccc1Cl)[C@H]1O[C@@H](Oc2ccc(/C=C(\C)C(=O)N[C@@H]3[C@H](O)[C@@H](O)[C@H]4OCO[C@H]4[C@@H]3O)cc2O)[C@@H](O)[C@@H]1O. The summed E-state index contributed by atoms with van der Waals surface area (Å²) in [5, 5.41) is 66.5. The topological polar surface area (TPSA) is 197 Å². The van der Waals surface area contributed by atoms with E-state index in [0.29, 0.717) is 26.9 Å². The van der Waals surface area contributed by atoms with Crippen LogP contribution < -0.4 is 14.8 Å². The minimum absolute atomic E-state index is 0.0486. The van der Waals surface area contributed by atoms with Gasteiger partial charge < -0.3 is 59.6 Å². The van der Waals surface area contributed by atoms with E-state index in [4.69, 9.17) is 46.9 Å². The molecule has 13 nitrogen and oxygen atoms in total. The second-order valence-electron chi connectivity index (χ2n) is 11.3. The fraction of sp³-hybridized carbons (Fsp3) is 0.452. The first-order chi connectivity index (χ1) is 21.8. The number of nitrogens with one attached hydrogen (secondary N) is 1. The molecule has 0 radical (unpaired) electrons. The highest BCUT2D eigenvalue weighted by Gasteiger charge is 2.53. The van der Waals surface area contributed by atoms with Crippen LogP contribution in [0.15, 0.2) is 53.6 Å². The fourth-order valence-corrected chi connectivity index (χ4v) is 5.81. The van der Waals surface area contributed by atoms with Gasteiger partial charge in [-0.05, 0) is 61.4 Å². The maximum atomic E-state index is 12.9. The molecule has 2 heterocycles. The Morgan fingerprint density at radius 2 is 1.65 bits per heavy atom. The van der Waals surface area contributed by atoms with E-state index in [1.165, 1.54) is 31.2 Å². The van der Waals surface area contributed by atoms with Crippen LogP contribution in [0.1, 0.15) is 19.4 Å². The molecule has 250 valence electrons. The third kappa shape index (κ3) is 7.29. The maximum absolute atomic E-state index is 12.9. The second kappa shape index (κ2) is 14.4. The quantitative estimate of drug-likeness (QED) is 0.148. The van der Waals surface area contributed by atoms with Crippen molar-refractivity contribution >= 4 is 35.2 Å². The molecule has 3 fully saturated rings. The van der Waals surface area contributed by atoms with Crippen molar-refractivity contribution in [1.29, 1.82) is 0 Å². The standard InChI is InChI=1S/C31H35Cl2NO12/c1-13(7-8-42-20-11-16(32)4-5-17(20)33)27-25(39)26(40)31(46-27)45-19-6-3-15(10-18(19)35)9-14(2)30(41)34-21-22(36)24(38)29-28(23(21)37)43-12-44-29/h3-7,9-11,21-29,31,35-40H,8,12H2,1-2H3,(H,34,41)/b13-7-,14-9+/t21-,22+,23-,24-,25+,26+,27-,28+,29-,31-/m1/s1. The molecule has 0 bridgehead atoms. The summed E-state index contributed by atoms with van der Waals surface area (Å²) >= 11 is 12.1. The molecule has 2 saturated heterocycles. The summed E-state index contributed by atoms with van der Waals surface area (Å²) in [6, 6.07) is 7.83. The number of aliphatic hydroxyl groups is 5. The fourth-order valence-electron chi connectivity index (χ4n) is 5.47. The number of ether oxygens (including phenoxy) is 5. The molecule has 2 aromatic carbocycles. The zero-order valence-electron chi connectivity index (χ0n) is 24.7. The second-order valence-corrected chi connectivity index (χ2v) is 12.1. The van der Waals surface area contributed by atoms with Crippen LogP contribution in [-0.2, 0) is 19.0 Å². The first-order valence-corrected chi connectivity index (χ1v) is 15.1. The van der Waals surface area contributed by atoms with Gasteiger partial charge in [0.1, 0.15) is 68.0 Å². The van der Waals surface area contributed by atoms with Gasteiger partial charge in [-0.3, -0.25) is 4.79 Å². The maximum Gasteiger partial charge on any atom is 0.247 e. The van der Waals surface area contributed by atoms with Gasteiger partial charge in [-0.15, -0.1) is 0 Å². The van der Waals surface area contributed by atoms with E-state index in [1.807, 2.05) is 0 Å². The van der Waals surface area contributed by atoms with E-state index in [2.05, 4.69) is 5.32 Å². The molecule has 0 spiro atoms. The van der Waals surface area contributed by atoms with Crippen LogP contribution in [0, 0.1) is 0 Å². The number of carbonyl (C=O) groups is 1. The molecular formula is C31H35Cl2NO12. The lowest BCUT2D eigenvalue weighted by Gasteiger charge is -2.41. The number of halogens is 2. The largest absolute Gasteiger partial charge is 0.504 e. The van der Waals surface area contributed by atoms with Crippen LogP contribution in [0.25, 0.3) is 6.08 Å². The number of hydrogen-bond acceptors (Lipinski definition) is 12. The Morgan fingerprint density at radius 3 is 2.37 bits per heavy atom. The molecule has 0 aromatic heterocycles. The van der Waals surface area contributed by atoms with Gasteiger partial charge in [0.25, 0.3) is 0 Å². The first kappa shape index (κ1) is 34.4. The molecule has 46 heavy (non-hydrogen) atoms. The van der Waals surface area contributed by atoms with Crippen molar-refractivity contribution in [3.8, 4) is 17.2 Å².